The van der Waals surface area contributed by atoms with Crippen LogP contribution in [0.4, 0.5) is 0 Å². The minimum Gasteiger partial charge on any atom is -0.481 e. The highest BCUT2D eigenvalue weighted by Gasteiger charge is 2.22. The molecule has 98 valence electrons. The molecule has 0 unspecified atom stereocenters. The van der Waals surface area contributed by atoms with Gasteiger partial charge >= 0.3 is 5.97 Å². The minimum atomic E-state index is -3.52. The first kappa shape index (κ1) is 13.3. The van der Waals surface area contributed by atoms with Gasteiger partial charge in [-0.2, -0.15) is 0 Å². The van der Waals surface area contributed by atoms with Crippen molar-refractivity contribution < 1.29 is 18.3 Å². The van der Waals surface area contributed by atoms with Gasteiger partial charge in [-0.05, 0) is 25.0 Å². The molecular weight excluding hydrogens is 274 g/mol. The Balaban J connectivity index is 2.09. The zero-order valence-electron chi connectivity index (χ0n) is 9.50. The van der Waals surface area contributed by atoms with Gasteiger partial charge in [0.25, 0.3) is 0 Å². The molecule has 5 nitrogen and oxygen atoms in total. The molecule has 0 aliphatic heterocycles. The molecule has 0 radical (unpaired) electrons. The second-order valence-corrected chi connectivity index (χ2v) is 7.16. The van der Waals surface area contributed by atoms with Gasteiger partial charge in [0.2, 0.25) is 10.0 Å². The molecule has 1 aromatic heterocycles. The lowest BCUT2D eigenvalue weighted by Gasteiger charge is -2.10. The van der Waals surface area contributed by atoms with E-state index in [-0.39, 0.29) is 16.7 Å². The molecule has 0 spiro atoms. The van der Waals surface area contributed by atoms with Crippen LogP contribution in [-0.4, -0.2) is 25.5 Å². The summed E-state index contributed by atoms with van der Waals surface area (Å²) in [6.07, 6.45) is 5.14. The number of carbonyl (C=O) groups is 1. The summed E-state index contributed by atoms with van der Waals surface area (Å²) in [4.78, 5) is 11.1. The fourth-order valence-corrected chi connectivity index (χ4v) is 4.36. The van der Waals surface area contributed by atoms with Crippen LogP contribution in [0.15, 0.2) is 28.5 Å². The molecular formula is C11H13NO4S2. The summed E-state index contributed by atoms with van der Waals surface area (Å²) in [6, 6.07) is 2.91. The molecule has 0 saturated carbocycles. The number of aliphatic carboxylic acids is 1. The van der Waals surface area contributed by atoms with Crippen molar-refractivity contribution in [3.8, 4) is 0 Å². The summed E-state index contributed by atoms with van der Waals surface area (Å²) in [5, 5.41) is 8.64. The van der Waals surface area contributed by atoms with Crippen LogP contribution in [0.25, 0.3) is 0 Å². The molecule has 18 heavy (non-hydrogen) atoms. The predicted octanol–water partition coefficient (Wildman–Crippen LogP) is 1.37. The van der Waals surface area contributed by atoms with E-state index < -0.39 is 16.0 Å². The lowest BCUT2D eigenvalue weighted by molar-refractivity contribution is -0.136. The van der Waals surface area contributed by atoms with Gasteiger partial charge in [-0.25, -0.2) is 13.1 Å². The highest BCUT2D eigenvalue weighted by atomic mass is 32.2. The van der Waals surface area contributed by atoms with Gasteiger partial charge in [0, 0.05) is 10.9 Å². The Kier molecular flexibility index (Phi) is 3.84. The minimum absolute atomic E-state index is 0.0833. The van der Waals surface area contributed by atoms with E-state index in [2.05, 4.69) is 4.72 Å². The first-order valence-electron chi connectivity index (χ1n) is 5.45. The summed E-state index contributed by atoms with van der Waals surface area (Å²) in [6.45, 7) is 0. The van der Waals surface area contributed by atoms with Gasteiger partial charge in [0.05, 0.1) is 6.42 Å². The zero-order valence-corrected chi connectivity index (χ0v) is 11.1. The van der Waals surface area contributed by atoms with E-state index in [1.165, 1.54) is 6.07 Å². The number of carboxylic acids is 1. The smallest absolute Gasteiger partial charge is 0.308 e. The predicted molar refractivity (Wildman–Crippen MR) is 68.1 cm³/mol. The number of hydrogen-bond donors (Lipinski definition) is 2. The van der Waals surface area contributed by atoms with Crippen LogP contribution in [0, 0.1) is 0 Å². The summed E-state index contributed by atoms with van der Waals surface area (Å²) in [5.74, 6) is -0.964. The molecule has 7 heteroatoms. The molecule has 1 heterocycles. The number of carboxylic acid groups (broad SMARTS) is 1. The maximum atomic E-state index is 12.0. The molecule has 2 N–H and O–H groups in total. The van der Waals surface area contributed by atoms with Gasteiger partial charge < -0.3 is 5.11 Å². The van der Waals surface area contributed by atoms with Crippen molar-refractivity contribution in [1.29, 1.82) is 0 Å². The Morgan fingerprint density at radius 1 is 1.39 bits per heavy atom. The Labute approximate surface area is 109 Å². The molecule has 0 atom stereocenters. The first-order chi connectivity index (χ1) is 8.47. The maximum Gasteiger partial charge on any atom is 0.308 e. The Bertz CT molecular complexity index is 566. The Hall–Kier alpha value is -1.18. The SMILES string of the molecule is O=C(O)Cc1ccc(S(=O)(=O)NC2CC=CC2)s1. The zero-order chi connectivity index (χ0) is 13.2. The topological polar surface area (TPSA) is 83.5 Å². The number of hydrogen-bond acceptors (Lipinski definition) is 4. The highest BCUT2D eigenvalue weighted by molar-refractivity contribution is 7.91. The molecule has 0 aromatic carbocycles. The number of nitrogens with one attached hydrogen (secondary N) is 1. The quantitative estimate of drug-likeness (QED) is 0.801. The van der Waals surface area contributed by atoms with E-state index >= 15 is 0 Å². The van der Waals surface area contributed by atoms with Crippen LogP contribution in [0.1, 0.15) is 17.7 Å². The molecule has 0 bridgehead atoms. The second kappa shape index (κ2) is 5.21. The van der Waals surface area contributed by atoms with E-state index in [4.69, 9.17) is 5.11 Å². The van der Waals surface area contributed by atoms with E-state index in [0.29, 0.717) is 17.7 Å². The molecule has 1 aromatic rings. The normalized spacial score (nSPS) is 16.2. The van der Waals surface area contributed by atoms with Crippen LogP contribution in [0.3, 0.4) is 0 Å². The van der Waals surface area contributed by atoms with Crippen molar-refractivity contribution >= 4 is 27.3 Å². The second-order valence-electron chi connectivity index (χ2n) is 4.05. The lowest BCUT2D eigenvalue weighted by Crippen LogP contribution is -2.32. The number of sulfonamides is 1. The molecule has 0 amide bonds. The van der Waals surface area contributed by atoms with Gasteiger partial charge in [-0.1, -0.05) is 12.2 Å². The third-order valence-corrected chi connectivity index (χ3v) is 5.65. The van der Waals surface area contributed by atoms with Crippen molar-refractivity contribution in [2.45, 2.75) is 29.5 Å². The van der Waals surface area contributed by atoms with Crippen LogP contribution in [-0.2, 0) is 21.2 Å². The summed E-state index contributed by atoms with van der Waals surface area (Å²) in [5.41, 5.74) is 0. The Morgan fingerprint density at radius 3 is 2.67 bits per heavy atom. The molecule has 2 rings (SSSR count). The molecule has 0 fully saturated rings. The fourth-order valence-electron chi connectivity index (χ4n) is 1.74. The van der Waals surface area contributed by atoms with Crippen LogP contribution in [0.5, 0.6) is 0 Å². The molecule has 1 aliphatic carbocycles. The van der Waals surface area contributed by atoms with Crippen molar-refractivity contribution in [2.24, 2.45) is 0 Å². The fraction of sp³-hybridized carbons (Fsp3) is 0.364. The monoisotopic (exact) mass is 287 g/mol. The third-order valence-electron chi connectivity index (χ3n) is 2.56. The van der Waals surface area contributed by atoms with Crippen molar-refractivity contribution in [3.63, 3.8) is 0 Å². The van der Waals surface area contributed by atoms with Crippen molar-refractivity contribution in [1.82, 2.24) is 4.72 Å². The van der Waals surface area contributed by atoms with Crippen molar-refractivity contribution in [2.75, 3.05) is 0 Å². The average molecular weight is 287 g/mol. The van der Waals surface area contributed by atoms with E-state index in [1.807, 2.05) is 12.2 Å². The Morgan fingerprint density at radius 2 is 2.06 bits per heavy atom. The molecule has 0 saturated heterocycles. The van der Waals surface area contributed by atoms with E-state index in [1.54, 1.807) is 6.07 Å². The number of rotatable bonds is 5. The van der Waals surface area contributed by atoms with E-state index in [9.17, 15) is 13.2 Å². The molecule has 1 aliphatic rings. The van der Waals surface area contributed by atoms with Gasteiger partial charge in [-0.3, -0.25) is 4.79 Å². The lowest BCUT2D eigenvalue weighted by atomic mass is 10.3. The standard InChI is InChI=1S/C11H13NO4S2/c13-10(14)7-9-5-6-11(17-9)18(15,16)12-8-3-1-2-4-8/h1-2,5-6,8,12H,3-4,7H2,(H,13,14). The summed E-state index contributed by atoms with van der Waals surface area (Å²) in [7, 11) is -3.52. The summed E-state index contributed by atoms with van der Waals surface area (Å²) >= 11 is 1.000. The number of thiophene rings is 1. The van der Waals surface area contributed by atoms with E-state index in [0.717, 1.165) is 11.3 Å². The van der Waals surface area contributed by atoms with Crippen LogP contribution >= 0.6 is 11.3 Å². The van der Waals surface area contributed by atoms with Crippen molar-refractivity contribution in [3.05, 3.63) is 29.2 Å². The maximum absolute atomic E-state index is 12.0. The van der Waals surface area contributed by atoms with Gasteiger partial charge in [0.1, 0.15) is 4.21 Å². The average Bonchev–Trinajstić information content (AvgIpc) is 2.87. The first-order valence-corrected chi connectivity index (χ1v) is 7.75. The summed E-state index contributed by atoms with van der Waals surface area (Å²) < 4.78 is 26.8. The highest BCUT2D eigenvalue weighted by Crippen LogP contribution is 2.23. The third kappa shape index (κ3) is 3.18. The van der Waals surface area contributed by atoms with Gasteiger partial charge in [-0.15, -0.1) is 11.3 Å². The van der Waals surface area contributed by atoms with Crippen LogP contribution in [0.2, 0.25) is 0 Å². The van der Waals surface area contributed by atoms with Gasteiger partial charge in [0.15, 0.2) is 0 Å². The largest absolute Gasteiger partial charge is 0.481 e. The van der Waals surface area contributed by atoms with Crippen LogP contribution < -0.4 is 4.72 Å².